The topological polar surface area (TPSA) is 102 Å². The van der Waals surface area contributed by atoms with Gasteiger partial charge in [-0.05, 0) is 25.3 Å². The molecule has 1 aliphatic rings. The fourth-order valence-electron chi connectivity index (χ4n) is 3.03. The first-order valence-corrected chi connectivity index (χ1v) is 9.55. The lowest BCUT2D eigenvalue weighted by atomic mass is 9.85. The Morgan fingerprint density at radius 2 is 2.00 bits per heavy atom. The zero-order chi connectivity index (χ0) is 20.4. The predicted molar refractivity (Wildman–Crippen MR) is 90.5 cm³/mol. The third-order valence-corrected chi connectivity index (χ3v) is 6.27. The van der Waals surface area contributed by atoms with E-state index in [9.17, 15) is 31.7 Å². The van der Waals surface area contributed by atoms with E-state index in [4.69, 9.17) is 0 Å². The van der Waals surface area contributed by atoms with Crippen LogP contribution in [-0.4, -0.2) is 44.2 Å². The number of alkyl halides is 3. The smallest absolute Gasteiger partial charge is 0.381 e. The number of nitrogens with zero attached hydrogens (tertiary/aromatic N) is 2. The first kappa shape index (κ1) is 21.4. The molecule has 2 rings (SSSR count). The molecule has 0 heterocycles. The van der Waals surface area contributed by atoms with Crippen molar-refractivity contribution in [3.63, 3.8) is 0 Å². The van der Waals surface area contributed by atoms with Crippen molar-refractivity contribution < 1.29 is 31.3 Å². The molecule has 0 radical (unpaired) electrons. The minimum Gasteiger partial charge on any atom is -0.381 e. The van der Waals surface area contributed by atoms with Gasteiger partial charge in [-0.3, -0.25) is 15.0 Å². The standard InChI is InChI=1S/C15H20F3N3O5S/c1-20(26-2)27(24,25)14-9-12(21(22)23)6-7-13(14)19-11-5-3-4-10(8-11)15(16,17)18/h6-7,9-11,19H,3-5,8H2,1-2H3. The Morgan fingerprint density at radius 3 is 2.56 bits per heavy atom. The lowest BCUT2D eigenvalue weighted by Gasteiger charge is -2.32. The molecular weight excluding hydrogens is 391 g/mol. The number of hydrogen-bond donors (Lipinski definition) is 1. The Kier molecular flexibility index (Phi) is 6.32. The first-order valence-electron chi connectivity index (χ1n) is 8.11. The number of non-ortho nitro benzene ring substituents is 1. The van der Waals surface area contributed by atoms with Gasteiger partial charge in [-0.1, -0.05) is 10.9 Å². The molecule has 152 valence electrons. The van der Waals surface area contributed by atoms with Crippen LogP contribution in [-0.2, 0) is 14.9 Å². The van der Waals surface area contributed by atoms with Gasteiger partial charge in [0.1, 0.15) is 4.90 Å². The summed E-state index contributed by atoms with van der Waals surface area (Å²) in [5.74, 6) is -1.47. The Hall–Kier alpha value is -1.92. The zero-order valence-electron chi connectivity index (χ0n) is 14.7. The van der Waals surface area contributed by atoms with Crippen molar-refractivity contribution in [2.75, 3.05) is 19.5 Å². The first-order chi connectivity index (χ1) is 12.5. The van der Waals surface area contributed by atoms with Crippen LogP contribution in [0.5, 0.6) is 0 Å². The maximum absolute atomic E-state index is 13.0. The number of rotatable bonds is 6. The number of hydroxylamine groups is 1. The number of anilines is 1. The average Bonchev–Trinajstić information content (AvgIpc) is 2.60. The highest BCUT2D eigenvalue weighted by Gasteiger charge is 2.42. The predicted octanol–water partition coefficient (Wildman–Crippen LogP) is 3.31. The molecule has 8 nitrogen and oxygen atoms in total. The number of benzene rings is 1. The summed E-state index contributed by atoms with van der Waals surface area (Å²) < 4.78 is 64.7. The fourth-order valence-corrected chi connectivity index (χ4v) is 4.18. The molecule has 0 amide bonds. The number of nitro groups is 1. The SMILES string of the molecule is CON(C)S(=O)(=O)c1cc([N+](=O)[O-])ccc1NC1CCCC(C(F)(F)F)C1. The van der Waals surface area contributed by atoms with Crippen molar-refractivity contribution in [2.45, 2.75) is 42.8 Å². The largest absolute Gasteiger partial charge is 0.391 e. The Bertz CT molecular complexity index is 800. The summed E-state index contributed by atoms with van der Waals surface area (Å²) in [4.78, 5) is 14.5. The Balaban J connectivity index is 2.37. The normalized spacial score (nSPS) is 21.3. The number of nitrogens with one attached hydrogen (secondary N) is 1. The molecule has 1 aromatic rings. The van der Waals surface area contributed by atoms with Crippen LogP contribution in [0.2, 0.25) is 0 Å². The minimum atomic E-state index is -4.32. The molecule has 2 unspecified atom stereocenters. The molecule has 1 fully saturated rings. The second kappa shape index (κ2) is 7.98. The van der Waals surface area contributed by atoms with E-state index >= 15 is 0 Å². The maximum atomic E-state index is 13.0. The van der Waals surface area contributed by atoms with E-state index < -0.39 is 43.7 Å². The van der Waals surface area contributed by atoms with E-state index in [2.05, 4.69) is 10.2 Å². The van der Waals surface area contributed by atoms with Crippen molar-refractivity contribution in [2.24, 2.45) is 5.92 Å². The van der Waals surface area contributed by atoms with Gasteiger partial charge in [0.05, 0.1) is 23.6 Å². The van der Waals surface area contributed by atoms with E-state index in [1.54, 1.807) is 0 Å². The highest BCUT2D eigenvalue weighted by molar-refractivity contribution is 7.89. The molecular formula is C15H20F3N3O5S. The van der Waals surface area contributed by atoms with Gasteiger partial charge in [0, 0.05) is 25.2 Å². The van der Waals surface area contributed by atoms with Crippen LogP contribution in [0.3, 0.4) is 0 Å². The monoisotopic (exact) mass is 411 g/mol. The van der Waals surface area contributed by atoms with Crippen molar-refractivity contribution in [3.8, 4) is 0 Å². The van der Waals surface area contributed by atoms with Crippen molar-refractivity contribution in [3.05, 3.63) is 28.3 Å². The summed E-state index contributed by atoms with van der Waals surface area (Å²) in [7, 11) is -2.03. The van der Waals surface area contributed by atoms with E-state index in [-0.39, 0.29) is 18.5 Å². The molecule has 1 aliphatic carbocycles. The van der Waals surface area contributed by atoms with Crippen molar-refractivity contribution in [1.82, 2.24) is 4.47 Å². The molecule has 0 spiro atoms. The van der Waals surface area contributed by atoms with Gasteiger partial charge in [0.25, 0.3) is 15.7 Å². The Morgan fingerprint density at radius 1 is 1.33 bits per heavy atom. The molecule has 0 aliphatic heterocycles. The van der Waals surface area contributed by atoms with Gasteiger partial charge in [-0.2, -0.15) is 13.2 Å². The van der Waals surface area contributed by atoms with E-state index in [0.29, 0.717) is 17.3 Å². The number of nitro benzene ring substituents is 1. The molecule has 0 saturated heterocycles. The molecule has 1 N–H and O–H groups in total. The molecule has 0 bridgehead atoms. The van der Waals surface area contributed by atoms with Crippen LogP contribution in [0, 0.1) is 16.0 Å². The van der Waals surface area contributed by atoms with Gasteiger partial charge in [-0.25, -0.2) is 8.42 Å². The summed E-state index contributed by atoms with van der Waals surface area (Å²) >= 11 is 0. The van der Waals surface area contributed by atoms with Crippen LogP contribution in [0.4, 0.5) is 24.5 Å². The molecule has 12 heteroatoms. The van der Waals surface area contributed by atoms with E-state index in [1.165, 1.54) is 6.07 Å². The fraction of sp³-hybridized carbons (Fsp3) is 0.600. The maximum Gasteiger partial charge on any atom is 0.391 e. The van der Waals surface area contributed by atoms with Crippen LogP contribution in [0.25, 0.3) is 0 Å². The summed E-state index contributed by atoms with van der Waals surface area (Å²) in [5, 5.41) is 13.8. The third kappa shape index (κ3) is 4.87. The number of hydrogen-bond acceptors (Lipinski definition) is 6. The van der Waals surface area contributed by atoms with Gasteiger partial charge in [0.15, 0.2) is 0 Å². The van der Waals surface area contributed by atoms with Gasteiger partial charge in [0.2, 0.25) is 0 Å². The van der Waals surface area contributed by atoms with Crippen LogP contribution in [0.15, 0.2) is 23.1 Å². The average molecular weight is 411 g/mol. The van der Waals surface area contributed by atoms with Crippen LogP contribution >= 0.6 is 0 Å². The van der Waals surface area contributed by atoms with Crippen LogP contribution in [0.1, 0.15) is 25.7 Å². The highest BCUT2D eigenvalue weighted by Crippen LogP contribution is 2.39. The van der Waals surface area contributed by atoms with Gasteiger partial charge < -0.3 is 5.32 Å². The lowest BCUT2D eigenvalue weighted by Crippen LogP contribution is -2.35. The van der Waals surface area contributed by atoms with E-state index in [1.807, 2.05) is 0 Å². The Labute approximate surface area is 154 Å². The molecule has 0 aromatic heterocycles. The quantitative estimate of drug-likeness (QED) is 0.569. The summed E-state index contributed by atoms with van der Waals surface area (Å²) in [6, 6.07) is 2.54. The summed E-state index contributed by atoms with van der Waals surface area (Å²) in [6.07, 6.45) is -3.71. The second-order valence-corrected chi connectivity index (χ2v) is 8.19. The summed E-state index contributed by atoms with van der Waals surface area (Å²) in [5.41, 5.74) is -0.460. The van der Waals surface area contributed by atoms with Gasteiger partial charge in [-0.15, -0.1) is 0 Å². The lowest BCUT2D eigenvalue weighted by molar-refractivity contribution is -0.385. The van der Waals surface area contributed by atoms with E-state index in [0.717, 1.165) is 26.3 Å². The number of sulfonamides is 1. The molecule has 1 aromatic carbocycles. The van der Waals surface area contributed by atoms with Crippen LogP contribution < -0.4 is 5.32 Å². The zero-order valence-corrected chi connectivity index (χ0v) is 15.5. The molecule has 2 atom stereocenters. The minimum absolute atomic E-state index is 0.00248. The van der Waals surface area contributed by atoms with Gasteiger partial charge >= 0.3 is 6.18 Å². The summed E-state index contributed by atoms with van der Waals surface area (Å²) in [6.45, 7) is 0. The molecule has 1 saturated carbocycles. The van der Waals surface area contributed by atoms with Crippen molar-refractivity contribution in [1.29, 1.82) is 0 Å². The number of halogens is 3. The van der Waals surface area contributed by atoms with Crippen molar-refractivity contribution >= 4 is 21.4 Å². The third-order valence-electron chi connectivity index (χ3n) is 4.55. The molecule has 27 heavy (non-hydrogen) atoms. The second-order valence-electron chi connectivity index (χ2n) is 6.28. The highest BCUT2D eigenvalue weighted by atomic mass is 32.2.